The van der Waals surface area contributed by atoms with Crippen LogP contribution in [-0.4, -0.2) is 36.7 Å². The van der Waals surface area contributed by atoms with Crippen LogP contribution in [0.1, 0.15) is 56.3 Å². The Morgan fingerprint density at radius 2 is 1.59 bits per heavy atom. The van der Waals surface area contributed by atoms with E-state index in [9.17, 15) is 18.0 Å². The summed E-state index contributed by atoms with van der Waals surface area (Å²) < 4.78 is 25.9. The number of hydrogen-bond donors (Lipinski definition) is 0. The number of fused-ring (bicyclic) bond motifs is 3. The minimum atomic E-state index is -3.31. The minimum absolute atomic E-state index is 0.228. The zero-order valence-electron chi connectivity index (χ0n) is 21.2. The van der Waals surface area contributed by atoms with Gasteiger partial charge in [-0.3, -0.25) is 4.79 Å². The van der Waals surface area contributed by atoms with E-state index in [1.807, 2.05) is 41.0 Å². The van der Waals surface area contributed by atoms with Crippen molar-refractivity contribution in [2.24, 2.45) is 5.16 Å². The highest BCUT2D eigenvalue weighted by Gasteiger charge is 2.19. The lowest BCUT2D eigenvalue weighted by molar-refractivity contribution is -0.140. The number of carbonyl (C=O) groups is 2. The number of hydrogen-bond acceptors (Lipinski definition) is 6. The largest absolute Gasteiger partial charge is 0.331 e. The van der Waals surface area contributed by atoms with E-state index < -0.39 is 15.8 Å². The average molecular weight is 519 g/mol. The van der Waals surface area contributed by atoms with Crippen molar-refractivity contribution in [3.8, 4) is 5.69 Å². The number of unbranched alkanes of at least 4 members (excludes halogenated alkanes) is 3. The van der Waals surface area contributed by atoms with Gasteiger partial charge < -0.3 is 9.40 Å². The molecule has 0 saturated carbocycles. The zero-order valence-corrected chi connectivity index (χ0v) is 22.0. The first-order valence-electron chi connectivity index (χ1n) is 12.3. The zero-order chi connectivity index (χ0) is 26.6. The maximum absolute atomic E-state index is 13.4. The number of nitrogens with zero attached hydrogens (tertiary/aromatic N) is 2. The Balaban J connectivity index is 1.78. The molecule has 3 aromatic carbocycles. The van der Waals surface area contributed by atoms with Crippen molar-refractivity contribution in [3.63, 3.8) is 0 Å². The molecule has 0 unspecified atom stereocenters. The third kappa shape index (κ3) is 5.80. The number of benzene rings is 3. The fourth-order valence-electron chi connectivity index (χ4n) is 4.44. The first-order chi connectivity index (χ1) is 17.7. The molecule has 0 spiro atoms. The van der Waals surface area contributed by atoms with Crippen molar-refractivity contribution in [2.45, 2.75) is 50.8 Å². The summed E-state index contributed by atoms with van der Waals surface area (Å²) in [6, 6.07) is 20.1. The van der Waals surface area contributed by atoms with Gasteiger partial charge >= 0.3 is 5.97 Å². The van der Waals surface area contributed by atoms with E-state index in [0.29, 0.717) is 12.0 Å². The standard InChI is InChI=1S/C29H30N2O5S/c1-4-5-6-7-11-26(30-36-20(2)32)29(33)21-13-18-28-25(19-21)24-10-8-9-12-27(24)31(28)22-14-16-23(17-15-22)37(3,34)35/h8-10,12-19H,4-7,11H2,1-3H3. The van der Waals surface area contributed by atoms with Crippen LogP contribution in [0.5, 0.6) is 0 Å². The van der Waals surface area contributed by atoms with E-state index in [1.165, 1.54) is 13.2 Å². The number of aromatic nitrogens is 1. The lowest BCUT2D eigenvalue weighted by atomic mass is 10.00. The summed E-state index contributed by atoms with van der Waals surface area (Å²) in [5.74, 6) is -0.840. The molecule has 4 aromatic rings. The minimum Gasteiger partial charge on any atom is -0.318 e. The Morgan fingerprint density at radius 1 is 0.892 bits per heavy atom. The summed E-state index contributed by atoms with van der Waals surface area (Å²) in [7, 11) is -3.31. The van der Waals surface area contributed by atoms with Gasteiger partial charge in [0, 0.05) is 35.2 Å². The Morgan fingerprint density at radius 3 is 2.27 bits per heavy atom. The summed E-state index contributed by atoms with van der Waals surface area (Å²) in [6.07, 6.45) is 5.49. The van der Waals surface area contributed by atoms with E-state index in [1.54, 1.807) is 30.3 Å². The van der Waals surface area contributed by atoms with E-state index in [-0.39, 0.29) is 16.4 Å². The predicted molar refractivity (Wildman–Crippen MR) is 146 cm³/mol. The molecule has 0 aliphatic heterocycles. The quantitative estimate of drug-likeness (QED) is 0.0812. The highest BCUT2D eigenvalue weighted by molar-refractivity contribution is 7.90. The molecule has 0 radical (unpaired) electrons. The van der Waals surface area contributed by atoms with Crippen LogP contribution in [-0.2, 0) is 19.5 Å². The van der Waals surface area contributed by atoms with Crippen molar-refractivity contribution >= 4 is 49.1 Å². The molecule has 0 saturated heterocycles. The van der Waals surface area contributed by atoms with Gasteiger partial charge in [-0.15, -0.1) is 0 Å². The molecule has 0 amide bonds. The molecule has 0 N–H and O–H groups in total. The molecule has 4 rings (SSSR count). The molecule has 7 nitrogen and oxygen atoms in total. The van der Waals surface area contributed by atoms with Gasteiger partial charge in [-0.2, -0.15) is 0 Å². The number of ketones is 1. The molecule has 8 heteroatoms. The van der Waals surface area contributed by atoms with Crippen molar-refractivity contribution in [2.75, 3.05) is 6.26 Å². The monoisotopic (exact) mass is 518 g/mol. The fourth-order valence-corrected chi connectivity index (χ4v) is 5.07. The molecular weight excluding hydrogens is 488 g/mol. The third-order valence-corrected chi connectivity index (χ3v) is 7.40. The van der Waals surface area contributed by atoms with Crippen LogP contribution < -0.4 is 0 Å². The average Bonchev–Trinajstić information content (AvgIpc) is 3.21. The van der Waals surface area contributed by atoms with E-state index in [0.717, 1.165) is 53.2 Å². The summed E-state index contributed by atoms with van der Waals surface area (Å²) in [5.41, 5.74) is 3.31. The molecule has 0 atom stereocenters. The Labute approximate surface area is 216 Å². The molecular formula is C29H30N2O5S. The second kappa shape index (κ2) is 11.1. The lowest BCUT2D eigenvalue weighted by Crippen LogP contribution is -2.16. The molecule has 37 heavy (non-hydrogen) atoms. The number of para-hydroxylation sites is 1. The van der Waals surface area contributed by atoms with Crippen LogP contribution in [0.4, 0.5) is 0 Å². The van der Waals surface area contributed by atoms with Crippen LogP contribution in [0, 0.1) is 0 Å². The van der Waals surface area contributed by atoms with E-state index >= 15 is 0 Å². The summed E-state index contributed by atoms with van der Waals surface area (Å²) >= 11 is 0. The van der Waals surface area contributed by atoms with Gasteiger partial charge in [0.15, 0.2) is 9.84 Å². The van der Waals surface area contributed by atoms with Gasteiger partial charge in [0.05, 0.1) is 15.9 Å². The van der Waals surface area contributed by atoms with Crippen molar-refractivity contribution < 1.29 is 22.8 Å². The fraction of sp³-hybridized carbons (Fsp3) is 0.276. The van der Waals surface area contributed by atoms with Crippen LogP contribution in [0.2, 0.25) is 0 Å². The summed E-state index contributed by atoms with van der Waals surface area (Å²) in [4.78, 5) is 29.9. The van der Waals surface area contributed by atoms with Crippen LogP contribution in [0.25, 0.3) is 27.5 Å². The van der Waals surface area contributed by atoms with Crippen molar-refractivity contribution in [1.82, 2.24) is 4.57 Å². The van der Waals surface area contributed by atoms with Gasteiger partial charge in [-0.1, -0.05) is 49.5 Å². The number of oxime groups is 1. The molecule has 192 valence electrons. The number of rotatable bonds is 10. The number of Topliss-reactive ketones (excluding diaryl/α,β-unsaturated/α-hetero) is 1. The number of sulfone groups is 1. The molecule has 1 aromatic heterocycles. The Kier molecular flexibility index (Phi) is 7.88. The number of carbonyl (C=O) groups excluding carboxylic acids is 2. The highest BCUT2D eigenvalue weighted by Crippen LogP contribution is 2.33. The van der Waals surface area contributed by atoms with Gasteiger partial charge in [-0.25, -0.2) is 13.2 Å². The second-order valence-corrected chi connectivity index (χ2v) is 11.1. The summed E-state index contributed by atoms with van der Waals surface area (Å²) in [5, 5.41) is 5.72. The van der Waals surface area contributed by atoms with E-state index in [2.05, 4.69) is 12.1 Å². The van der Waals surface area contributed by atoms with Crippen LogP contribution in [0.15, 0.2) is 76.8 Å². The normalized spacial score (nSPS) is 12.2. The summed E-state index contributed by atoms with van der Waals surface area (Å²) in [6.45, 7) is 3.37. The Bertz CT molecular complexity index is 1600. The third-order valence-electron chi connectivity index (χ3n) is 6.27. The second-order valence-electron chi connectivity index (χ2n) is 9.11. The van der Waals surface area contributed by atoms with E-state index in [4.69, 9.17) is 4.84 Å². The predicted octanol–water partition coefficient (Wildman–Crippen LogP) is 6.26. The first kappa shape index (κ1) is 26.3. The first-order valence-corrected chi connectivity index (χ1v) is 14.2. The van der Waals surface area contributed by atoms with Gasteiger partial charge in [0.2, 0.25) is 5.78 Å². The van der Waals surface area contributed by atoms with Gasteiger partial charge in [0.25, 0.3) is 0 Å². The van der Waals surface area contributed by atoms with Crippen LogP contribution >= 0.6 is 0 Å². The molecule has 1 heterocycles. The molecule has 0 bridgehead atoms. The maximum Gasteiger partial charge on any atom is 0.331 e. The van der Waals surface area contributed by atoms with Crippen LogP contribution in [0.3, 0.4) is 0 Å². The highest BCUT2D eigenvalue weighted by atomic mass is 32.2. The smallest absolute Gasteiger partial charge is 0.318 e. The van der Waals surface area contributed by atoms with Gasteiger partial charge in [0.1, 0.15) is 5.71 Å². The van der Waals surface area contributed by atoms with Crippen molar-refractivity contribution in [3.05, 3.63) is 72.3 Å². The Hall–Kier alpha value is -3.78. The van der Waals surface area contributed by atoms with Crippen molar-refractivity contribution in [1.29, 1.82) is 0 Å². The maximum atomic E-state index is 13.4. The lowest BCUT2D eigenvalue weighted by Gasteiger charge is -2.09. The molecule has 0 aliphatic carbocycles. The molecule has 0 fully saturated rings. The molecule has 0 aliphatic rings. The van der Waals surface area contributed by atoms with Gasteiger partial charge in [-0.05, 0) is 61.4 Å². The topological polar surface area (TPSA) is 94.8 Å². The SMILES string of the molecule is CCCCCCC(=NOC(C)=O)C(=O)c1ccc2c(c1)c1ccccc1n2-c1ccc(S(C)(=O)=O)cc1.